The molecule has 1 aromatic rings. The fourth-order valence-corrected chi connectivity index (χ4v) is 3.04. The molecule has 0 aromatic carbocycles. The van der Waals surface area contributed by atoms with Crippen molar-refractivity contribution < 1.29 is 13.2 Å². The lowest BCUT2D eigenvalue weighted by Gasteiger charge is -2.31. The van der Waals surface area contributed by atoms with Crippen LogP contribution in [0.1, 0.15) is 17.7 Å². The summed E-state index contributed by atoms with van der Waals surface area (Å²) in [5.74, 6) is 0.541. The third-order valence-corrected chi connectivity index (χ3v) is 4.63. The molecule has 0 spiro atoms. The van der Waals surface area contributed by atoms with Crippen molar-refractivity contribution in [1.82, 2.24) is 9.88 Å². The Labute approximate surface area is 115 Å². The molecule has 1 saturated heterocycles. The highest BCUT2D eigenvalue weighted by molar-refractivity contribution is 7.15. The van der Waals surface area contributed by atoms with Gasteiger partial charge in [0.15, 0.2) is 5.13 Å². The average Bonchev–Trinajstić information content (AvgIpc) is 2.81. The molecule has 108 valence electrons. The molecule has 1 aromatic heterocycles. The lowest BCUT2D eigenvalue weighted by molar-refractivity contribution is -0.134. The molecule has 1 aliphatic heterocycles. The number of aromatic nitrogens is 1. The number of piperidine rings is 1. The third kappa shape index (κ3) is 3.82. The zero-order chi connectivity index (χ0) is 14.0. The molecule has 0 radical (unpaired) electrons. The molecule has 0 saturated carbocycles. The molecule has 0 atom stereocenters. The van der Waals surface area contributed by atoms with Gasteiger partial charge >= 0.3 is 6.18 Å². The Morgan fingerprint density at radius 2 is 2.05 bits per heavy atom. The summed E-state index contributed by atoms with van der Waals surface area (Å²) in [7, 11) is 3.91. The summed E-state index contributed by atoms with van der Waals surface area (Å²) in [4.78, 5) is 7.37. The summed E-state index contributed by atoms with van der Waals surface area (Å²) in [6.45, 7) is 2.90. The van der Waals surface area contributed by atoms with Gasteiger partial charge < -0.3 is 9.80 Å². The van der Waals surface area contributed by atoms with Gasteiger partial charge in [0.1, 0.15) is 4.88 Å². The third-order valence-electron chi connectivity index (χ3n) is 3.47. The van der Waals surface area contributed by atoms with Gasteiger partial charge in [-0.1, -0.05) is 11.3 Å². The second-order valence-corrected chi connectivity index (χ2v) is 6.14. The van der Waals surface area contributed by atoms with Gasteiger partial charge in [-0.3, -0.25) is 0 Å². The van der Waals surface area contributed by atoms with E-state index in [4.69, 9.17) is 0 Å². The van der Waals surface area contributed by atoms with Crippen LogP contribution in [-0.2, 0) is 6.18 Å². The van der Waals surface area contributed by atoms with Crippen LogP contribution in [0.2, 0.25) is 0 Å². The summed E-state index contributed by atoms with van der Waals surface area (Å²) in [5.41, 5.74) is 0. The van der Waals surface area contributed by atoms with E-state index in [0.29, 0.717) is 22.4 Å². The molecule has 0 N–H and O–H groups in total. The topological polar surface area (TPSA) is 19.4 Å². The molecule has 0 aliphatic carbocycles. The monoisotopic (exact) mass is 293 g/mol. The maximum absolute atomic E-state index is 12.5. The van der Waals surface area contributed by atoms with Crippen molar-refractivity contribution in [2.45, 2.75) is 19.0 Å². The van der Waals surface area contributed by atoms with Gasteiger partial charge in [-0.2, -0.15) is 13.2 Å². The number of hydrogen-bond acceptors (Lipinski definition) is 4. The van der Waals surface area contributed by atoms with Crippen molar-refractivity contribution in [3.63, 3.8) is 0 Å². The summed E-state index contributed by atoms with van der Waals surface area (Å²) >= 11 is 0.716. The summed E-state index contributed by atoms with van der Waals surface area (Å²) in [5, 5.41) is 0.450. The van der Waals surface area contributed by atoms with Crippen LogP contribution < -0.4 is 4.90 Å². The molecule has 2 rings (SSSR count). The van der Waals surface area contributed by atoms with Crippen molar-refractivity contribution in [3.8, 4) is 0 Å². The smallest absolute Gasteiger partial charge is 0.351 e. The van der Waals surface area contributed by atoms with Gasteiger partial charge in [-0.15, -0.1) is 0 Å². The summed E-state index contributed by atoms with van der Waals surface area (Å²) in [6.07, 6.45) is -1.17. The van der Waals surface area contributed by atoms with Crippen molar-refractivity contribution in [2.24, 2.45) is 5.92 Å². The van der Waals surface area contributed by atoms with Gasteiger partial charge in [0.2, 0.25) is 0 Å². The fourth-order valence-electron chi connectivity index (χ4n) is 2.28. The number of hydrogen-bond donors (Lipinski definition) is 0. The van der Waals surface area contributed by atoms with E-state index in [-0.39, 0.29) is 0 Å². The quantitative estimate of drug-likeness (QED) is 0.854. The van der Waals surface area contributed by atoms with Crippen LogP contribution in [0.4, 0.5) is 18.3 Å². The van der Waals surface area contributed by atoms with E-state index in [1.54, 1.807) is 0 Å². The number of thiazole rings is 1. The maximum atomic E-state index is 12.5. The van der Waals surface area contributed by atoms with Crippen LogP contribution in [0.3, 0.4) is 0 Å². The molecule has 2 heterocycles. The van der Waals surface area contributed by atoms with Crippen LogP contribution in [0.5, 0.6) is 0 Å². The van der Waals surface area contributed by atoms with E-state index in [1.807, 2.05) is 11.9 Å². The summed E-state index contributed by atoms with van der Waals surface area (Å²) in [6, 6.07) is 0. The SMILES string of the molecule is CN1CCC(CN(C)c2ncc(C(F)(F)F)s2)CC1. The van der Waals surface area contributed by atoms with Crippen LogP contribution in [-0.4, -0.2) is 43.6 Å². The largest absolute Gasteiger partial charge is 0.427 e. The van der Waals surface area contributed by atoms with E-state index in [0.717, 1.165) is 38.7 Å². The first-order valence-electron chi connectivity index (χ1n) is 6.29. The lowest BCUT2D eigenvalue weighted by atomic mass is 9.97. The maximum Gasteiger partial charge on any atom is 0.427 e. The molecule has 1 fully saturated rings. The van der Waals surface area contributed by atoms with Crippen molar-refractivity contribution >= 4 is 16.5 Å². The lowest BCUT2D eigenvalue weighted by Crippen LogP contribution is -2.35. The predicted octanol–water partition coefficient (Wildman–Crippen LogP) is 2.94. The van der Waals surface area contributed by atoms with Crippen molar-refractivity contribution in [2.75, 3.05) is 38.6 Å². The average molecular weight is 293 g/mol. The first kappa shape index (κ1) is 14.6. The highest BCUT2D eigenvalue weighted by Gasteiger charge is 2.33. The Kier molecular flexibility index (Phi) is 4.35. The fraction of sp³-hybridized carbons (Fsp3) is 0.750. The van der Waals surface area contributed by atoms with Gasteiger partial charge in [0, 0.05) is 13.6 Å². The minimum atomic E-state index is -4.29. The number of nitrogens with zero attached hydrogens (tertiary/aromatic N) is 3. The van der Waals surface area contributed by atoms with Gasteiger partial charge in [-0.05, 0) is 38.9 Å². The minimum absolute atomic E-state index is 0.450. The van der Waals surface area contributed by atoms with Crippen LogP contribution in [0.25, 0.3) is 0 Å². The number of anilines is 1. The zero-order valence-corrected chi connectivity index (χ0v) is 11.9. The van der Waals surface area contributed by atoms with Crippen LogP contribution >= 0.6 is 11.3 Å². The number of halogens is 3. The number of rotatable bonds is 3. The van der Waals surface area contributed by atoms with E-state index >= 15 is 0 Å². The number of alkyl halides is 3. The van der Waals surface area contributed by atoms with Crippen molar-refractivity contribution in [1.29, 1.82) is 0 Å². The van der Waals surface area contributed by atoms with Crippen LogP contribution in [0.15, 0.2) is 6.20 Å². The zero-order valence-electron chi connectivity index (χ0n) is 11.1. The van der Waals surface area contributed by atoms with E-state index in [2.05, 4.69) is 16.9 Å². The molecular weight excluding hydrogens is 275 g/mol. The van der Waals surface area contributed by atoms with Crippen LogP contribution in [0, 0.1) is 5.92 Å². The van der Waals surface area contributed by atoms with Gasteiger partial charge in [0.05, 0.1) is 6.20 Å². The first-order chi connectivity index (χ1) is 8.86. The van der Waals surface area contributed by atoms with E-state index in [1.165, 1.54) is 0 Å². The van der Waals surface area contributed by atoms with E-state index in [9.17, 15) is 13.2 Å². The minimum Gasteiger partial charge on any atom is -0.351 e. The molecule has 0 bridgehead atoms. The molecular formula is C12H18F3N3S. The van der Waals surface area contributed by atoms with Gasteiger partial charge in [-0.25, -0.2) is 4.98 Å². The molecule has 0 unspecified atom stereocenters. The molecule has 0 amide bonds. The Morgan fingerprint density at radius 1 is 1.42 bits per heavy atom. The molecule has 19 heavy (non-hydrogen) atoms. The van der Waals surface area contributed by atoms with Gasteiger partial charge in [0.25, 0.3) is 0 Å². The Morgan fingerprint density at radius 3 is 2.58 bits per heavy atom. The second-order valence-electron chi connectivity index (χ2n) is 5.13. The standard InChI is InChI=1S/C12H18F3N3S/c1-17-5-3-9(4-6-17)8-18(2)11-16-7-10(19-11)12(13,14)15/h7,9H,3-6,8H2,1-2H3. The Bertz CT molecular complexity index is 411. The highest BCUT2D eigenvalue weighted by atomic mass is 32.1. The first-order valence-corrected chi connectivity index (χ1v) is 7.10. The highest BCUT2D eigenvalue weighted by Crippen LogP contribution is 2.36. The molecule has 1 aliphatic rings. The normalized spacial score (nSPS) is 18.8. The Hall–Kier alpha value is -0.820. The molecule has 3 nitrogen and oxygen atoms in total. The van der Waals surface area contributed by atoms with E-state index < -0.39 is 11.1 Å². The van der Waals surface area contributed by atoms with Crippen molar-refractivity contribution in [3.05, 3.63) is 11.1 Å². The Balaban J connectivity index is 1.93. The summed E-state index contributed by atoms with van der Waals surface area (Å²) < 4.78 is 37.5. The number of likely N-dealkylation sites (tertiary alicyclic amines) is 1. The predicted molar refractivity (Wildman–Crippen MR) is 70.6 cm³/mol. The molecule has 7 heteroatoms. The second kappa shape index (κ2) is 5.66.